The zero-order valence-electron chi connectivity index (χ0n) is 13.6. The van der Waals surface area contributed by atoms with Crippen molar-refractivity contribution in [1.29, 1.82) is 0 Å². The highest BCUT2D eigenvalue weighted by Crippen LogP contribution is 2.42. The minimum atomic E-state index is -0.699. The SMILES string of the molecule is CCOC(=O)C(Cn1nc(C)nc1C)(NC(C)C)C1CC1. The van der Waals surface area contributed by atoms with Gasteiger partial charge < -0.3 is 4.74 Å². The van der Waals surface area contributed by atoms with Crippen molar-refractivity contribution in [3.63, 3.8) is 0 Å². The summed E-state index contributed by atoms with van der Waals surface area (Å²) in [7, 11) is 0. The zero-order valence-corrected chi connectivity index (χ0v) is 13.6. The van der Waals surface area contributed by atoms with E-state index in [0.29, 0.717) is 19.1 Å². The van der Waals surface area contributed by atoms with E-state index in [9.17, 15) is 4.79 Å². The van der Waals surface area contributed by atoms with Crippen molar-refractivity contribution in [3.05, 3.63) is 11.6 Å². The molecule has 1 aliphatic carbocycles. The lowest BCUT2D eigenvalue weighted by Gasteiger charge is -2.34. The Morgan fingerprint density at radius 2 is 2.14 bits per heavy atom. The van der Waals surface area contributed by atoms with Crippen LogP contribution in [-0.2, 0) is 16.1 Å². The summed E-state index contributed by atoms with van der Waals surface area (Å²) in [5, 5.41) is 7.87. The molecule has 6 heteroatoms. The van der Waals surface area contributed by atoms with E-state index in [1.807, 2.05) is 25.5 Å². The first kappa shape index (κ1) is 15.9. The molecule has 1 heterocycles. The Labute approximate surface area is 126 Å². The number of carbonyl (C=O) groups is 1. The van der Waals surface area contributed by atoms with Crippen LogP contribution in [0.15, 0.2) is 0 Å². The fourth-order valence-corrected chi connectivity index (χ4v) is 2.88. The predicted octanol–water partition coefficient (Wildman–Crippen LogP) is 1.60. The second-order valence-corrected chi connectivity index (χ2v) is 6.13. The van der Waals surface area contributed by atoms with Gasteiger partial charge in [0, 0.05) is 6.04 Å². The molecule has 0 bridgehead atoms. The lowest BCUT2D eigenvalue weighted by Crippen LogP contribution is -2.60. The maximum atomic E-state index is 12.7. The fourth-order valence-electron chi connectivity index (χ4n) is 2.88. The quantitative estimate of drug-likeness (QED) is 0.774. The first-order valence-corrected chi connectivity index (χ1v) is 7.72. The maximum Gasteiger partial charge on any atom is 0.328 e. The van der Waals surface area contributed by atoms with E-state index in [1.54, 1.807) is 0 Å². The number of esters is 1. The number of aryl methyl sites for hydroxylation is 2. The molecule has 21 heavy (non-hydrogen) atoms. The third-order valence-corrected chi connectivity index (χ3v) is 3.82. The van der Waals surface area contributed by atoms with Gasteiger partial charge >= 0.3 is 5.97 Å². The molecule has 0 aliphatic heterocycles. The third kappa shape index (κ3) is 3.43. The molecule has 6 nitrogen and oxygen atoms in total. The molecule has 1 aromatic rings. The van der Waals surface area contributed by atoms with E-state index < -0.39 is 5.54 Å². The van der Waals surface area contributed by atoms with Gasteiger partial charge in [-0.25, -0.2) is 14.5 Å². The lowest BCUT2D eigenvalue weighted by molar-refractivity contribution is -0.153. The van der Waals surface area contributed by atoms with E-state index in [0.717, 1.165) is 24.5 Å². The first-order chi connectivity index (χ1) is 9.89. The molecule has 0 radical (unpaired) electrons. The molecule has 1 saturated carbocycles. The highest BCUT2D eigenvalue weighted by Gasteiger charge is 2.53. The van der Waals surface area contributed by atoms with Crippen molar-refractivity contribution in [2.45, 2.75) is 65.6 Å². The number of hydrogen-bond acceptors (Lipinski definition) is 5. The molecule has 0 amide bonds. The summed E-state index contributed by atoms with van der Waals surface area (Å²) in [5.41, 5.74) is -0.699. The van der Waals surface area contributed by atoms with Crippen LogP contribution in [0.25, 0.3) is 0 Å². The number of carbonyl (C=O) groups excluding carboxylic acids is 1. The van der Waals surface area contributed by atoms with Gasteiger partial charge in [0.05, 0.1) is 13.2 Å². The van der Waals surface area contributed by atoms with Crippen LogP contribution in [0.2, 0.25) is 0 Å². The van der Waals surface area contributed by atoms with Crippen LogP contribution in [-0.4, -0.2) is 38.9 Å². The average molecular weight is 294 g/mol. The van der Waals surface area contributed by atoms with Crippen molar-refractivity contribution in [2.24, 2.45) is 5.92 Å². The standard InChI is InChI=1S/C15H26N4O2/c1-6-21-14(20)15(13-7-8-13,17-10(2)3)9-19-12(5)16-11(4)18-19/h10,13,17H,6-9H2,1-5H3. The Kier molecular flexibility index (Phi) is 4.66. The second-order valence-electron chi connectivity index (χ2n) is 6.13. The molecule has 1 fully saturated rings. The third-order valence-electron chi connectivity index (χ3n) is 3.82. The van der Waals surface area contributed by atoms with Gasteiger partial charge in [0.15, 0.2) is 0 Å². The average Bonchev–Trinajstić information content (AvgIpc) is 3.16. The van der Waals surface area contributed by atoms with Gasteiger partial charge in [-0.05, 0) is 53.4 Å². The second kappa shape index (κ2) is 6.13. The topological polar surface area (TPSA) is 69.0 Å². The summed E-state index contributed by atoms with van der Waals surface area (Å²) >= 11 is 0. The van der Waals surface area contributed by atoms with Crippen LogP contribution in [0.5, 0.6) is 0 Å². The zero-order chi connectivity index (χ0) is 15.6. The molecule has 0 aromatic carbocycles. The van der Waals surface area contributed by atoms with Crippen molar-refractivity contribution >= 4 is 5.97 Å². The normalized spacial score (nSPS) is 17.8. The summed E-state index contributed by atoms with van der Waals surface area (Å²) in [5.74, 6) is 1.69. The number of nitrogens with one attached hydrogen (secondary N) is 1. The molecule has 118 valence electrons. The summed E-state index contributed by atoms with van der Waals surface area (Å²) in [6.45, 7) is 10.6. The van der Waals surface area contributed by atoms with E-state index in [1.165, 1.54) is 0 Å². The lowest BCUT2D eigenvalue weighted by atomic mass is 9.91. The summed E-state index contributed by atoms with van der Waals surface area (Å²) in [6, 6.07) is 0.194. The monoisotopic (exact) mass is 294 g/mol. The molecule has 1 aromatic heterocycles. The molecule has 2 rings (SSSR count). The summed E-state index contributed by atoms with van der Waals surface area (Å²) in [4.78, 5) is 17.0. The van der Waals surface area contributed by atoms with Gasteiger partial charge in [-0.3, -0.25) is 5.32 Å². The number of aromatic nitrogens is 3. The van der Waals surface area contributed by atoms with Crippen molar-refractivity contribution in [1.82, 2.24) is 20.1 Å². The fraction of sp³-hybridized carbons (Fsp3) is 0.800. The Hall–Kier alpha value is -1.43. The van der Waals surface area contributed by atoms with Crippen molar-refractivity contribution in [3.8, 4) is 0 Å². The molecule has 1 unspecified atom stereocenters. The summed E-state index contributed by atoms with van der Waals surface area (Å²) in [6.07, 6.45) is 2.09. The molecule has 0 saturated heterocycles. The predicted molar refractivity (Wildman–Crippen MR) is 79.9 cm³/mol. The maximum absolute atomic E-state index is 12.7. The first-order valence-electron chi connectivity index (χ1n) is 7.72. The summed E-state index contributed by atoms with van der Waals surface area (Å²) < 4.78 is 7.18. The van der Waals surface area contributed by atoms with Gasteiger partial charge in [-0.2, -0.15) is 5.10 Å². The minimum absolute atomic E-state index is 0.172. The van der Waals surface area contributed by atoms with E-state index in [4.69, 9.17) is 4.74 Å². The molecule has 0 spiro atoms. The van der Waals surface area contributed by atoms with Crippen LogP contribution in [0, 0.1) is 19.8 Å². The molecular formula is C15H26N4O2. The number of hydrogen-bond donors (Lipinski definition) is 1. The highest BCUT2D eigenvalue weighted by molar-refractivity contribution is 5.82. The van der Waals surface area contributed by atoms with Gasteiger partial charge in [-0.1, -0.05) is 0 Å². The number of ether oxygens (including phenoxy) is 1. The minimum Gasteiger partial charge on any atom is -0.465 e. The van der Waals surface area contributed by atoms with Gasteiger partial charge in [0.25, 0.3) is 0 Å². The van der Waals surface area contributed by atoms with Crippen LogP contribution < -0.4 is 5.32 Å². The Bertz CT molecular complexity index is 508. The van der Waals surface area contributed by atoms with Gasteiger partial charge in [0.2, 0.25) is 0 Å². The highest BCUT2D eigenvalue weighted by atomic mass is 16.5. The van der Waals surface area contributed by atoms with E-state index in [-0.39, 0.29) is 12.0 Å². The molecule has 1 aliphatic rings. The number of rotatable bonds is 7. The van der Waals surface area contributed by atoms with Crippen LogP contribution in [0.4, 0.5) is 0 Å². The van der Waals surface area contributed by atoms with E-state index in [2.05, 4.69) is 29.2 Å². The Morgan fingerprint density at radius 1 is 1.48 bits per heavy atom. The van der Waals surface area contributed by atoms with Crippen LogP contribution in [0.1, 0.15) is 45.3 Å². The molecular weight excluding hydrogens is 268 g/mol. The Balaban J connectivity index is 2.33. The molecule has 1 atom stereocenters. The largest absolute Gasteiger partial charge is 0.465 e. The van der Waals surface area contributed by atoms with Crippen molar-refractivity contribution < 1.29 is 9.53 Å². The van der Waals surface area contributed by atoms with Crippen molar-refractivity contribution in [2.75, 3.05) is 6.61 Å². The van der Waals surface area contributed by atoms with Gasteiger partial charge in [-0.15, -0.1) is 0 Å². The van der Waals surface area contributed by atoms with Crippen LogP contribution in [0.3, 0.4) is 0 Å². The van der Waals surface area contributed by atoms with E-state index >= 15 is 0 Å². The van der Waals surface area contributed by atoms with Gasteiger partial charge in [0.1, 0.15) is 17.2 Å². The number of nitrogens with zero attached hydrogens (tertiary/aromatic N) is 3. The molecule has 1 N–H and O–H groups in total. The van der Waals surface area contributed by atoms with Crippen LogP contribution >= 0.6 is 0 Å². The smallest absolute Gasteiger partial charge is 0.328 e. The Morgan fingerprint density at radius 3 is 2.57 bits per heavy atom.